The molecule has 0 fully saturated rings. The zero-order chi connectivity index (χ0) is 22.7. The Labute approximate surface area is 185 Å². The minimum atomic E-state index is -0.412. The highest BCUT2D eigenvalue weighted by molar-refractivity contribution is 5.85. The summed E-state index contributed by atoms with van der Waals surface area (Å²) in [6.07, 6.45) is 3.21. The molecule has 4 aromatic rings. The summed E-state index contributed by atoms with van der Waals surface area (Å²) in [5, 5.41) is 4.90. The van der Waals surface area contributed by atoms with E-state index in [0.29, 0.717) is 36.3 Å². The van der Waals surface area contributed by atoms with E-state index in [1.807, 2.05) is 43.5 Å². The van der Waals surface area contributed by atoms with Gasteiger partial charge in [0.1, 0.15) is 17.1 Å². The van der Waals surface area contributed by atoms with Gasteiger partial charge in [-0.25, -0.2) is 4.79 Å². The Morgan fingerprint density at radius 2 is 1.75 bits per heavy atom. The van der Waals surface area contributed by atoms with E-state index in [1.54, 1.807) is 20.3 Å². The van der Waals surface area contributed by atoms with Gasteiger partial charge in [-0.3, -0.25) is 4.79 Å². The van der Waals surface area contributed by atoms with E-state index < -0.39 is 5.63 Å². The number of rotatable bonds is 8. The van der Waals surface area contributed by atoms with Crippen LogP contribution in [-0.2, 0) is 17.6 Å². The van der Waals surface area contributed by atoms with Crippen LogP contribution in [0.5, 0.6) is 11.5 Å². The molecule has 7 nitrogen and oxygen atoms in total. The molecule has 2 aromatic carbocycles. The molecule has 0 radical (unpaired) electrons. The maximum Gasteiger partial charge on any atom is 0.339 e. The van der Waals surface area contributed by atoms with E-state index >= 15 is 0 Å². The van der Waals surface area contributed by atoms with Crippen molar-refractivity contribution in [2.75, 3.05) is 20.8 Å². The van der Waals surface area contributed by atoms with Gasteiger partial charge in [0.25, 0.3) is 0 Å². The highest BCUT2D eigenvalue weighted by Crippen LogP contribution is 2.25. The van der Waals surface area contributed by atoms with Gasteiger partial charge < -0.3 is 24.2 Å². The number of carbonyl (C=O) groups is 1. The van der Waals surface area contributed by atoms with Gasteiger partial charge in [-0.1, -0.05) is 0 Å². The summed E-state index contributed by atoms with van der Waals surface area (Å²) in [7, 11) is 3.20. The molecule has 0 aliphatic heterocycles. The van der Waals surface area contributed by atoms with E-state index in [2.05, 4.69) is 10.3 Å². The first-order valence-electron chi connectivity index (χ1n) is 10.5. The van der Waals surface area contributed by atoms with Crippen molar-refractivity contribution >= 4 is 27.8 Å². The Kier molecular flexibility index (Phi) is 6.16. The van der Waals surface area contributed by atoms with Crippen LogP contribution >= 0.6 is 0 Å². The maximum absolute atomic E-state index is 12.5. The van der Waals surface area contributed by atoms with Crippen LogP contribution < -0.4 is 20.4 Å². The first-order chi connectivity index (χ1) is 15.5. The average molecular weight is 434 g/mol. The molecule has 0 aliphatic rings. The molecule has 0 saturated heterocycles. The fourth-order valence-electron chi connectivity index (χ4n) is 3.95. The van der Waals surface area contributed by atoms with Crippen LogP contribution in [0.1, 0.15) is 23.1 Å². The summed E-state index contributed by atoms with van der Waals surface area (Å²) in [4.78, 5) is 28.1. The number of aromatic amines is 1. The monoisotopic (exact) mass is 434 g/mol. The third-order valence-corrected chi connectivity index (χ3v) is 5.79. The summed E-state index contributed by atoms with van der Waals surface area (Å²) in [5.41, 5.74) is 3.57. The number of fused-ring (bicyclic) bond motifs is 2. The van der Waals surface area contributed by atoms with Gasteiger partial charge in [-0.15, -0.1) is 0 Å². The van der Waals surface area contributed by atoms with Crippen LogP contribution in [0.2, 0.25) is 0 Å². The van der Waals surface area contributed by atoms with Crippen LogP contribution in [0.15, 0.2) is 51.8 Å². The molecule has 1 amide bonds. The SMILES string of the molecule is COc1ccc2c(CCNC(=O)CCc3c(C)c4ccc(OC)cc4oc3=O)c[nH]c2c1. The number of hydrogen-bond donors (Lipinski definition) is 2. The first-order valence-corrected chi connectivity index (χ1v) is 10.5. The number of nitrogens with one attached hydrogen (secondary N) is 2. The second-order valence-corrected chi connectivity index (χ2v) is 7.68. The Bertz CT molecular complexity index is 1340. The molecule has 32 heavy (non-hydrogen) atoms. The van der Waals surface area contributed by atoms with E-state index in [4.69, 9.17) is 13.9 Å². The zero-order valence-electron chi connectivity index (χ0n) is 18.4. The van der Waals surface area contributed by atoms with Gasteiger partial charge in [0, 0.05) is 53.1 Å². The minimum absolute atomic E-state index is 0.0971. The quantitative estimate of drug-likeness (QED) is 0.411. The number of ether oxygens (including phenoxy) is 2. The number of aromatic nitrogens is 1. The van der Waals surface area contributed by atoms with Gasteiger partial charge >= 0.3 is 5.63 Å². The number of hydrogen-bond acceptors (Lipinski definition) is 5. The van der Waals surface area contributed by atoms with Crippen LogP contribution in [0, 0.1) is 6.92 Å². The largest absolute Gasteiger partial charge is 0.497 e. The standard InChI is InChI=1S/C25H26N2O5/c1-15-19-6-4-18(31-3)13-23(19)32-25(29)20(15)8-9-24(28)26-11-10-16-14-27-22-12-17(30-2)5-7-21(16)22/h4-7,12-14,27H,8-11H2,1-3H3,(H,26,28). The minimum Gasteiger partial charge on any atom is -0.497 e. The van der Waals surface area contributed by atoms with E-state index in [1.165, 1.54) is 0 Å². The number of amides is 1. The number of benzene rings is 2. The lowest BCUT2D eigenvalue weighted by Gasteiger charge is -2.09. The number of aryl methyl sites for hydroxylation is 1. The van der Waals surface area contributed by atoms with Gasteiger partial charge in [0.05, 0.1) is 14.2 Å². The summed E-state index contributed by atoms with van der Waals surface area (Å²) in [5.74, 6) is 1.33. The van der Waals surface area contributed by atoms with E-state index in [0.717, 1.165) is 33.2 Å². The maximum atomic E-state index is 12.5. The highest BCUT2D eigenvalue weighted by Gasteiger charge is 2.14. The third-order valence-electron chi connectivity index (χ3n) is 5.79. The second-order valence-electron chi connectivity index (χ2n) is 7.68. The topological polar surface area (TPSA) is 93.6 Å². The van der Waals surface area contributed by atoms with Crippen molar-refractivity contribution in [3.8, 4) is 11.5 Å². The van der Waals surface area contributed by atoms with Crippen molar-refractivity contribution in [1.29, 1.82) is 0 Å². The Morgan fingerprint density at radius 3 is 2.50 bits per heavy atom. The summed E-state index contributed by atoms with van der Waals surface area (Å²) in [6.45, 7) is 2.40. The molecule has 0 atom stereocenters. The van der Waals surface area contributed by atoms with Crippen molar-refractivity contribution in [1.82, 2.24) is 10.3 Å². The fraction of sp³-hybridized carbons (Fsp3) is 0.280. The normalized spacial score (nSPS) is 11.1. The zero-order valence-corrected chi connectivity index (χ0v) is 18.4. The molecule has 0 saturated carbocycles. The summed E-state index contributed by atoms with van der Waals surface area (Å²) < 4.78 is 15.9. The van der Waals surface area contributed by atoms with Crippen LogP contribution in [0.3, 0.4) is 0 Å². The molecule has 0 spiro atoms. The number of H-pyrrole nitrogens is 1. The van der Waals surface area contributed by atoms with Crippen molar-refractivity contribution in [2.24, 2.45) is 0 Å². The van der Waals surface area contributed by atoms with Gasteiger partial charge in [-0.2, -0.15) is 0 Å². The Morgan fingerprint density at radius 1 is 1.03 bits per heavy atom. The van der Waals surface area contributed by atoms with Crippen LogP contribution in [0.25, 0.3) is 21.9 Å². The molecule has 4 rings (SSSR count). The smallest absolute Gasteiger partial charge is 0.339 e. The average Bonchev–Trinajstić information content (AvgIpc) is 3.20. The Balaban J connectivity index is 1.36. The molecule has 2 N–H and O–H groups in total. The van der Waals surface area contributed by atoms with Gasteiger partial charge in [0.2, 0.25) is 5.91 Å². The predicted molar refractivity (Wildman–Crippen MR) is 124 cm³/mol. The van der Waals surface area contributed by atoms with Crippen LogP contribution in [0.4, 0.5) is 0 Å². The fourth-order valence-corrected chi connectivity index (χ4v) is 3.95. The van der Waals surface area contributed by atoms with Crippen molar-refractivity contribution in [3.63, 3.8) is 0 Å². The van der Waals surface area contributed by atoms with E-state index in [-0.39, 0.29) is 12.3 Å². The molecular formula is C25H26N2O5. The lowest BCUT2D eigenvalue weighted by Crippen LogP contribution is -2.26. The molecule has 0 aliphatic carbocycles. The molecular weight excluding hydrogens is 408 g/mol. The molecule has 166 valence electrons. The first kappa shape index (κ1) is 21.5. The van der Waals surface area contributed by atoms with E-state index in [9.17, 15) is 9.59 Å². The van der Waals surface area contributed by atoms with Crippen molar-refractivity contribution in [3.05, 3.63) is 69.7 Å². The number of carbonyl (C=O) groups excluding carboxylic acids is 1. The molecule has 0 bridgehead atoms. The highest BCUT2D eigenvalue weighted by atomic mass is 16.5. The summed E-state index contributed by atoms with van der Waals surface area (Å²) >= 11 is 0. The lowest BCUT2D eigenvalue weighted by atomic mass is 10.0. The van der Waals surface area contributed by atoms with Crippen LogP contribution in [-0.4, -0.2) is 31.7 Å². The third kappa shape index (κ3) is 4.32. The molecule has 2 aromatic heterocycles. The van der Waals surface area contributed by atoms with Crippen molar-refractivity contribution < 1.29 is 18.7 Å². The van der Waals surface area contributed by atoms with Crippen molar-refractivity contribution in [2.45, 2.75) is 26.2 Å². The Hall–Kier alpha value is -3.74. The number of methoxy groups -OCH3 is 2. The molecule has 2 heterocycles. The van der Waals surface area contributed by atoms with Gasteiger partial charge in [0.15, 0.2) is 0 Å². The molecule has 7 heteroatoms. The second kappa shape index (κ2) is 9.18. The van der Waals surface area contributed by atoms with Gasteiger partial charge in [-0.05, 0) is 55.2 Å². The molecule has 0 unspecified atom stereocenters. The summed E-state index contributed by atoms with van der Waals surface area (Å²) in [6, 6.07) is 11.3. The predicted octanol–water partition coefficient (Wildman–Crippen LogP) is 3.89. The lowest BCUT2D eigenvalue weighted by molar-refractivity contribution is -0.121.